The Morgan fingerprint density at radius 2 is 2.05 bits per heavy atom. The topological polar surface area (TPSA) is 79.7 Å². The maximum atomic E-state index is 12.6. The van der Waals surface area contributed by atoms with E-state index in [1.165, 1.54) is 6.08 Å². The van der Waals surface area contributed by atoms with Gasteiger partial charge in [-0.2, -0.15) is 0 Å². The van der Waals surface area contributed by atoms with Gasteiger partial charge in [0.25, 0.3) is 5.91 Å². The Balaban J connectivity index is 1.83. The predicted molar refractivity (Wildman–Crippen MR) is 74.7 cm³/mol. The number of likely N-dealkylation sites (tertiary alicyclic amines) is 1. The number of aliphatic carboxylic acids is 1. The molecule has 6 nitrogen and oxygen atoms in total. The summed E-state index contributed by atoms with van der Waals surface area (Å²) in [4.78, 5) is 29.1. The molecule has 2 unspecified atom stereocenters. The molecule has 0 saturated carbocycles. The second kappa shape index (κ2) is 5.65. The molecule has 2 aliphatic heterocycles. The van der Waals surface area contributed by atoms with Crippen molar-refractivity contribution >= 4 is 18.0 Å². The number of nitrogens with zero attached hydrogens (tertiary/aromatic N) is 2. The van der Waals surface area contributed by atoms with Crippen LogP contribution in [0.15, 0.2) is 24.4 Å². The van der Waals surface area contributed by atoms with E-state index in [0.717, 1.165) is 18.9 Å². The minimum Gasteiger partial charge on any atom is -0.478 e. The van der Waals surface area contributed by atoms with Crippen LogP contribution in [0.25, 0.3) is 6.08 Å². The van der Waals surface area contributed by atoms with Crippen molar-refractivity contribution in [2.45, 2.75) is 25.0 Å². The van der Waals surface area contributed by atoms with Crippen LogP contribution < -0.4 is 0 Å². The number of hydrogen-bond acceptors (Lipinski definition) is 4. The lowest BCUT2D eigenvalue weighted by atomic mass is 10.1. The van der Waals surface area contributed by atoms with Gasteiger partial charge < -0.3 is 14.7 Å². The summed E-state index contributed by atoms with van der Waals surface area (Å²) in [6.45, 7) is 1.15. The molecule has 2 fully saturated rings. The first-order chi connectivity index (χ1) is 10.1. The lowest BCUT2D eigenvalue weighted by molar-refractivity contribution is -0.131. The van der Waals surface area contributed by atoms with Crippen molar-refractivity contribution in [1.29, 1.82) is 0 Å². The lowest BCUT2D eigenvalue weighted by Gasteiger charge is -2.32. The summed E-state index contributed by atoms with van der Waals surface area (Å²) in [5.41, 5.74) is 0.806. The Morgan fingerprint density at radius 3 is 2.71 bits per heavy atom. The van der Waals surface area contributed by atoms with Gasteiger partial charge in [-0.3, -0.25) is 9.78 Å². The molecule has 3 rings (SSSR count). The summed E-state index contributed by atoms with van der Waals surface area (Å²) in [6.07, 6.45) is 6.17. The molecule has 2 atom stereocenters. The maximum Gasteiger partial charge on any atom is 0.328 e. The molecule has 1 N–H and O–H groups in total. The zero-order valence-corrected chi connectivity index (χ0v) is 11.4. The van der Waals surface area contributed by atoms with Gasteiger partial charge in [0.2, 0.25) is 0 Å². The fourth-order valence-electron chi connectivity index (χ4n) is 2.82. The third kappa shape index (κ3) is 2.95. The molecule has 1 amide bonds. The summed E-state index contributed by atoms with van der Waals surface area (Å²) in [5.74, 6) is -1.22. The van der Waals surface area contributed by atoms with Gasteiger partial charge in [-0.25, -0.2) is 4.79 Å². The second-order valence-electron chi connectivity index (χ2n) is 5.28. The van der Waals surface area contributed by atoms with Gasteiger partial charge in [-0.15, -0.1) is 0 Å². The second-order valence-corrected chi connectivity index (χ2v) is 5.28. The Kier molecular flexibility index (Phi) is 3.70. The number of rotatable bonds is 3. The summed E-state index contributed by atoms with van der Waals surface area (Å²) >= 11 is 0. The maximum absolute atomic E-state index is 12.6. The highest BCUT2D eigenvalue weighted by Gasteiger charge is 2.36. The molecular formula is C15H16N2O4. The quantitative estimate of drug-likeness (QED) is 0.845. The van der Waals surface area contributed by atoms with Gasteiger partial charge in [0, 0.05) is 30.9 Å². The van der Waals surface area contributed by atoms with Gasteiger partial charge in [0.05, 0.1) is 12.2 Å². The van der Waals surface area contributed by atoms with E-state index in [-0.39, 0.29) is 23.8 Å². The number of amides is 1. The van der Waals surface area contributed by atoms with Gasteiger partial charge in [0.1, 0.15) is 5.69 Å². The van der Waals surface area contributed by atoms with Gasteiger partial charge in [-0.05, 0) is 25.0 Å². The van der Waals surface area contributed by atoms with Crippen LogP contribution in [0.1, 0.15) is 28.9 Å². The fraction of sp³-hybridized carbons (Fsp3) is 0.400. The highest BCUT2D eigenvalue weighted by molar-refractivity contribution is 5.97. The minimum atomic E-state index is -1.05. The Labute approximate surface area is 122 Å². The number of aromatic nitrogens is 1. The van der Waals surface area contributed by atoms with Crippen LogP contribution in [0.2, 0.25) is 0 Å². The number of ether oxygens (including phenoxy) is 1. The fourth-order valence-corrected chi connectivity index (χ4v) is 2.82. The number of carboxylic acids is 1. The summed E-state index contributed by atoms with van der Waals surface area (Å²) < 4.78 is 5.72. The van der Waals surface area contributed by atoms with E-state index in [9.17, 15) is 9.59 Å². The van der Waals surface area contributed by atoms with Crippen molar-refractivity contribution < 1.29 is 19.4 Å². The van der Waals surface area contributed by atoms with E-state index in [0.29, 0.717) is 18.7 Å². The molecule has 0 aromatic carbocycles. The van der Waals surface area contributed by atoms with Crippen LogP contribution in [0, 0.1) is 0 Å². The minimum absolute atomic E-state index is 0.120. The Morgan fingerprint density at radius 1 is 1.33 bits per heavy atom. The monoisotopic (exact) mass is 288 g/mol. The highest BCUT2D eigenvalue weighted by Crippen LogP contribution is 2.27. The van der Waals surface area contributed by atoms with Crippen LogP contribution in [0.4, 0.5) is 0 Å². The first-order valence-corrected chi connectivity index (χ1v) is 6.94. The predicted octanol–water partition coefficient (Wildman–Crippen LogP) is 1.18. The number of carbonyl (C=O) groups is 2. The molecule has 2 bridgehead atoms. The number of fused-ring (bicyclic) bond motifs is 2. The molecule has 2 saturated heterocycles. The van der Waals surface area contributed by atoms with Crippen LogP contribution in [0.5, 0.6) is 0 Å². The zero-order valence-electron chi connectivity index (χ0n) is 11.4. The van der Waals surface area contributed by atoms with Gasteiger partial charge in [0.15, 0.2) is 0 Å². The van der Waals surface area contributed by atoms with Crippen molar-refractivity contribution in [1.82, 2.24) is 9.88 Å². The van der Waals surface area contributed by atoms with Crippen molar-refractivity contribution in [3.63, 3.8) is 0 Å². The highest BCUT2D eigenvalue weighted by atomic mass is 16.5. The Hall–Kier alpha value is -2.21. The van der Waals surface area contributed by atoms with E-state index >= 15 is 0 Å². The number of carboxylic acid groups (broad SMARTS) is 1. The average Bonchev–Trinajstić information content (AvgIpc) is 2.83. The van der Waals surface area contributed by atoms with Crippen LogP contribution in [0.3, 0.4) is 0 Å². The molecular weight excluding hydrogens is 272 g/mol. The standard InChI is InChI=1S/C15H16N2O4/c18-13(19)6-3-10-2-1-7-16-14(10)15(20)17-8-11-4-5-12(9-17)21-11/h1-3,6-7,11-12H,4-5,8-9H2,(H,18,19)/b6-3+. The first-order valence-electron chi connectivity index (χ1n) is 6.94. The third-order valence-corrected chi connectivity index (χ3v) is 3.78. The molecule has 21 heavy (non-hydrogen) atoms. The molecule has 0 radical (unpaired) electrons. The molecule has 2 aliphatic rings. The molecule has 6 heteroatoms. The van der Waals surface area contributed by atoms with Crippen molar-refractivity contribution in [3.8, 4) is 0 Å². The van der Waals surface area contributed by atoms with Gasteiger partial charge in [-0.1, -0.05) is 6.07 Å². The number of carbonyl (C=O) groups excluding carboxylic acids is 1. The summed E-state index contributed by atoms with van der Waals surface area (Å²) in [6, 6.07) is 3.37. The van der Waals surface area contributed by atoms with E-state index in [1.807, 2.05) is 0 Å². The molecule has 110 valence electrons. The van der Waals surface area contributed by atoms with Crippen LogP contribution >= 0.6 is 0 Å². The third-order valence-electron chi connectivity index (χ3n) is 3.78. The zero-order chi connectivity index (χ0) is 14.8. The van der Waals surface area contributed by atoms with E-state index in [2.05, 4.69) is 4.98 Å². The summed E-state index contributed by atoms with van der Waals surface area (Å²) in [5, 5.41) is 8.71. The normalized spacial score (nSPS) is 24.5. The molecule has 1 aromatic rings. The molecule has 3 heterocycles. The van der Waals surface area contributed by atoms with E-state index in [1.54, 1.807) is 23.2 Å². The number of morpholine rings is 1. The van der Waals surface area contributed by atoms with Crippen LogP contribution in [-0.4, -0.2) is 52.2 Å². The van der Waals surface area contributed by atoms with E-state index < -0.39 is 5.97 Å². The van der Waals surface area contributed by atoms with E-state index in [4.69, 9.17) is 9.84 Å². The summed E-state index contributed by atoms with van der Waals surface area (Å²) in [7, 11) is 0. The van der Waals surface area contributed by atoms with Crippen molar-refractivity contribution in [2.24, 2.45) is 0 Å². The number of hydrogen-bond donors (Lipinski definition) is 1. The smallest absolute Gasteiger partial charge is 0.328 e. The Bertz CT molecular complexity index is 587. The van der Waals surface area contributed by atoms with Crippen LogP contribution in [-0.2, 0) is 9.53 Å². The first kappa shape index (κ1) is 13.8. The average molecular weight is 288 g/mol. The molecule has 1 aromatic heterocycles. The van der Waals surface area contributed by atoms with Gasteiger partial charge >= 0.3 is 5.97 Å². The lowest BCUT2D eigenvalue weighted by Crippen LogP contribution is -2.46. The molecule has 0 spiro atoms. The number of pyridine rings is 1. The van der Waals surface area contributed by atoms with Crippen molar-refractivity contribution in [2.75, 3.05) is 13.1 Å². The molecule has 0 aliphatic carbocycles. The van der Waals surface area contributed by atoms with Crippen molar-refractivity contribution in [3.05, 3.63) is 35.7 Å². The largest absolute Gasteiger partial charge is 0.478 e. The SMILES string of the molecule is O=C(O)/C=C/c1cccnc1C(=O)N1CC2CCC(C1)O2.